The average Bonchev–Trinajstić information content (AvgIpc) is 2.35. The summed E-state index contributed by atoms with van der Waals surface area (Å²) in [6.07, 6.45) is 7.89. The van der Waals surface area contributed by atoms with E-state index in [-0.39, 0.29) is 11.9 Å². The van der Waals surface area contributed by atoms with Crippen LogP contribution in [0.2, 0.25) is 0 Å². The zero-order chi connectivity index (χ0) is 14.6. The minimum atomic E-state index is -0.170. The van der Waals surface area contributed by atoms with E-state index in [2.05, 4.69) is 15.9 Å². The summed E-state index contributed by atoms with van der Waals surface area (Å²) in [5.41, 5.74) is 7.62. The third-order valence-corrected chi connectivity index (χ3v) is 6.65. The average molecular weight is 352 g/mol. The van der Waals surface area contributed by atoms with E-state index >= 15 is 0 Å². The van der Waals surface area contributed by atoms with E-state index in [1.165, 1.54) is 38.2 Å². The fourth-order valence-electron chi connectivity index (χ4n) is 5.80. The van der Waals surface area contributed by atoms with Crippen molar-refractivity contribution >= 4 is 15.9 Å². The van der Waals surface area contributed by atoms with Crippen LogP contribution < -0.4 is 5.73 Å². The Labute approximate surface area is 134 Å². The fourth-order valence-corrected chi connectivity index (χ4v) is 6.32. The van der Waals surface area contributed by atoms with Gasteiger partial charge in [-0.05, 0) is 91.9 Å². The number of rotatable bonds is 3. The van der Waals surface area contributed by atoms with Gasteiger partial charge in [0, 0.05) is 10.5 Å². The highest BCUT2D eigenvalue weighted by molar-refractivity contribution is 9.10. The lowest BCUT2D eigenvalue weighted by atomic mass is 9.50. The van der Waals surface area contributed by atoms with E-state index < -0.39 is 0 Å². The highest BCUT2D eigenvalue weighted by atomic mass is 79.9. The van der Waals surface area contributed by atoms with Crippen LogP contribution in [-0.4, -0.2) is 6.04 Å². The molecule has 1 unspecified atom stereocenters. The summed E-state index contributed by atoms with van der Waals surface area (Å²) >= 11 is 3.38. The number of halogens is 2. The quantitative estimate of drug-likeness (QED) is 0.850. The third kappa shape index (κ3) is 2.68. The summed E-state index contributed by atoms with van der Waals surface area (Å²) in [5.74, 6) is 4.15. The van der Waals surface area contributed by atoms with E-state index in [4.69, 9.17) is 5.73 Å². The zero-order valence-electron chi connectivity index (χ0n) is 12.3. The van der Waals surface area contributed by atoms with Crippen LogP contribution in [0, 0.1) is 35.4 Å². The van der Waals surface area contributed by atoms with E-state index in [0.29, 0.717) is 5.92 Å². The molecule has 4 aliphatic rings. The molecule has 1 atom stereocenters. The van der Waals surface area contributed by atoms with Crippen LogP contribution in [0.5, 0.6) is 0 Å². The molecule has 0 heterocycles. The van der Waals surface area contributed by atoms with Gasteiger partial charge in [-0.3, -0.25) is 0 Å². The van der Waals surface area contributed by atoms with Crippen LogP contribution in [0.15, 0.2) is 22.7 Å². The topological polar surface area (TPSA) is 26.0 Å². The molecule has 0 amide bonds. The van der Waals surface area contributed by atoms with Gasteiger partial charge < -0.3 is 5.73 Å². The standard InChI is InChI=1S/C18H23BrFN/c19-15-6-12(7-16(20)9-15)8-17(21)18-13-2-10-1-11(4-13)5-14(18)3-10/h6-7,9-11,13-14,17-18H,1-5,8,21H2. The third-order valence-electron chi connectivity index (χ3n) is 6.19. The van der Waals surface area contributed by atoms with Crippen molar-refractivity contribution in [3.63, 3.8) is 0 Å². The molecule has 4 aliphatic carbocycles. The lowest BCUT2D eigenvalue weighted by Gasteiger charge is -2.56. The molecule has 4 saturated carbocycles. The first-order valence-corrected chi connectivity index (χ1v) is 9.08. The number of hydrogen-bond donors (Lipinski definition) is 1. The van der Waals surface area contributed by atoms with Gasteiger partial charge in [0.2, 0.25) is 0 Å². The molecule has 2 N–H and O–H groups in total. The Balaban J connectivity index is 1.51. The minimum absolute atomic E-state index is 0.170. The van der Waals surface area contributed by atoms with Gasteiger partial charge in [-0.1, -0.05) is 15.9 Å². The molecule has 0 saturated heterocycles. The number of hydrogen-bond acceptors (Lipinski definition) is 1. The van der Waals surface area contributed by atoms with Gasteiger partial charge >= 0.3 is 0 Å². The van der Waals surface area contributed by atoms with Crippen molar-refractivity contribution < 1.29 is 4.39 Å². The van der Waals surface area contributed by atoms with E-state index in [1.807, 2.05) is 6.07 Å². The molecule has 0 aliphatic heterocycles. The predicted octanol–water partition coefficient (Wildman–Crippen LogP) is 4.53. The van der Waals surface area contributed by atoms with Crippen molar-refractivity contribution in [1.29, 1.82) is 0 Å². The van der Waals surface area contributed by atoms with Crippen LogP contribution in [0.3, 0.4) is 0 Å². The van der Waals surface area contributed by atoms with Crippen molar-refractivity contribution in [3.05, 3.63) is 34.1 Å². The van der Waals surface area contributed by atoms with Gasteiger partial charge in [0.05, 0.1) is 0 Å². The lowest BCUT2D eigenvalue weighted by molar-refractivity contribution is -0.0464. The molecule has 5 rings (SSSR count). The molecule has 0 aromatic heterocycles. The highest BCUT2D eigenvalue weighted by Gasteiger charge is 2.49. The Morgan fingerprint density at radius 2 is 1.67 bits per heavy atom. The Morgan fingerprint density at radius 1 is 1.05 bits per heavy atom. The Bertz CT molecular complexity index is 496. The van der Waals surface area contributed by atoms with Crippen molar-refractivity contribution in [2.75, 3.05) is 0 Å². The smallest absolute Gasteiger partial charge is 0.124 e. The first kappa shape index (κ1) is 14.2. The summed E-state index contributed by atoms with van der Waals surface area (Å²) in [5, 5.41) is 0. The van der Waals surface area contributed by atoms with Crippen LogP contribution >= 0.6 is 15.9 Å². The Morgan fingerprint density at radius 3 is 2.24 bits per heavy atom. The lowest BCUT2D eigenvalue weighted by Crippen LogP contribution is -2.52. The summed E-state index contributed by atoms with van der Waals surface area (Å²) in [6.45, 7) is 0. The van der Waals surface area contributed by atoms with Gasteiger partial charge in [-0.25, -0.2) is 4.39 Å². The number of nitrogens with two attached hydrogens (primary N) is 1. The second kappa shape index (κ2) is 5.34. The Hall–Kier alpha value is -0.410. The number of benzene rings is 1. The largest absolute Gasteiger partial charge is 0.327 e. The summed E-state index contributed by atoms with van der Waals surface area (Å²) in [7, 11) is 0. The maximum Gasteiger partial charge on any atom is 0.124 e. The molecular weight excluding hydrogens is 329 g/mol. The molecule has 3 heteroatoms. The van der Waals surface area contributed by atoms with Crippen molar-refractivity contribution in [1.82, 2.24) is 0 Å². The molecule has 4 fully saturated rings. The van der Waals surface area contributed by atoms with Gasteiger partial charge in [0.25, 0.3) is 0 Å². The van der Waals surface area contributed by atoms with Gasteiger partial charge in [0.15, 0.2) is 0 Å². The van der Waals surface area contributed by atoms with Crippen LogP contribution in [-0.2, 0) is 6.42 Å². The van der Waals surface area contributed by atoms with Gasteiger partial charge in [-0.15, -0.1) is 0 Å². The van der Waals surface area contributed by atoms with E-state index in [9.17, 15) is 4.39 Å². The van der Waals surface area contributed by atoms with E-state index in [1.54, 1.807) is 6.07 Å². The maximum absolute atomic E-state index is 13.5. The SMILES string of the molecule is NC(Cc1cc(F)cc(Br)c1)C1C2CC3CC(C2)CC1C3. The normalized spacial score (nSPS) is 38.7. The molecule has 114 valence electrons. The predicted molar refractivity (Wildman–Crippen MR) is 86.3 cm³/mol. The molecule has 0 radical (unpaired) electrons. The first-order valence-electron chi connectivity index (χ1n) is 8.29. The van der Waals surface area contributed by atoms with Crippen molar-refractivity contribution in [2.24, 2.45) is 35.3 Å². The minimum Gasteiger partial charge on any atom is -0.327 e. The monoisotopic (exact) mass is 351 g/mol. The van der Waals surface area contributed by atoms with E-state index in [0.717, 1.165) is 40.1 Å². The zero-order valence-corrected chi connectivity index (χ0v) is 13.9. The summed E-state index contributed by atoms with van der Waals surface area (Å²) in [4.78, 5) is 0. The second-order valence-electron chi connectivity index (χ2n) is 7.65. The molecule has 1 aromatic carbocycles. The first-order chi connectivity index (χ1) is 10.1. The maximum atomic E-state index is 13.5. The van der Waals surface area contributed by atoms with Crippen molar-refractivity contribution in [3.8, 4) is 0 Å². The fraction of sp³-hybridized carbons (Fsp3) is 0.667. The van der Waals surface area contributed by atoms with Gasteiger partial charge in [0.1, 0.15) is 5.82 Å². The molecule has 4 bridgehead atoms. The molecule has 21 heavy (non-hydrogen) atoms. The van der Waals surface area contributed by atoms with Crippen molar-refractivity contribution in [2.45, 2.75) is 44.6 Å². The molecule has 1 nitrogen and oxygen atoms in total. The van der Waals surface area contributed by atoms with Crippen LogP contribution in [0.1, 0.15) is 37.7 Å². The summed E-state index contributed by atoms with van der Waals surface area (Å²) in [6, 6.07) is 5.35. The summed E-state index contributed by atoms with van der Waals surface area (Å²) < 4.78 is 14.4. The van der Waals surface area contributed by atoms with Crippen LogP contribution in [0.25, 0.3) is 0 Å². The molecular formula is C18H23BrFN. The molecule has 1 aromatic rings. The van der Waals surface area contributed by atoms with Crippen LogP contribution in [0.4, 0.5) is 4.39 Å². The second-order valence-corrected chi connectivity index (χ2v) is 8.57. The highest BCUT2D eigenvalue weighted by Crippen LogP contribution is 2.57. The van der Waals surface area contributed by atoms with Gasteiger partial charge in [-0.2, -0.15) is 0 Å². The Kier molecular flexibility index (Phi) is 3.61. The molecule has 0 spiro atoms.